The maximum Gasteiger partial charge on any atom is 0.331 e. The Hall–Kier alpha value is -3.81. The van der Waals surface area contributed by atoms with Crippen LogP contribution in [0.3, 0.4) is 0 Å². The quantitative estimate of drug-likeness (QED) is 0.221. The summed E-state index contributed by atoms with van der Waals surface area (Å²) in [5.74, 6) is 0.761. The molecule has 10 nitrogen and oxygen atoms in total. The summed E-state index contributed by atoms with van der Waals surface area (Å²) in [6, 6.07) is 12.5. The van der Waals surface area contributed by atoms with Crippen molar-refractivity contribution < 1.29 is 19.1 Å². The summed E-state index contributed by atoms with van der Waals surface area (Å²) < 4.78 is 5.86. The van der Waals surface area contributed by atoms with E-state index in [9.17, 15) is 14.4 Å². The first-order chi connectivity index (χ1) is 19.4. The molecule has 0 saturated heterocycles. The first-order valence-corrected chi connectivity index (χ1v) is 14.0. The number of urea groups is 1. The number of amides is 4. The van der Waals surface area contributed by atoms with Gasteiger partial charge in [-0.05, 0) is 56.4 Å². The monoisotopic (exact) mass is 640 g/mol. The molecule has 1 aliphatic carbocycles. The second kappa shape index (κ2) is 14.1. The number of aryl methyl sites for hydroxylation is 1. The molecule has 1 aliphatic heterocycles. The van der Waals surface area contributed by atoms with Crippen molar-refractivity contribution in [1.29, 1.82) is 0 Å². The zero-order valence-electron chi connectivity index (χ0n) is 23.1. The van der Waals surface area contributed by atoms with Crippen molar-refractivity contribution in [2.75, 3.05) is 10.2 Å². The maximum atomic E-state index is 13.5. The highest BCUT2D eigenvalue weighted by Gasteiger charge is 2.34. The fourth-order valence-electron chi connectivity index (χ4n) is 5.40. The van der Waals surface area contributed by atoms with Crippen LogP contribution >= 0.6 is 38.3 Å². The van der Waals surface area contributed by atoms with Crippen molar-refractivity contribution in [3.05, 3.63) is 65.3 Å². The lowest BCUT2D eigenvalue weighted by atomic mass is 9.91. The van der Waals surface area contributed by atoms with E-state index in [1.165, 1.54) is 18.3 Å². The number of benzene rings is 1. The molecule has 6 rings (SSSR count). The lowest BCUT2D eigenvalue weighted by Gasteiger charge is -2.30. The van der Waals surface area contributed by atoms with Crippen LogP contribution in [0.1, 0.15) is 55.3 Å². The number of thiophene rings is 1. The number of hydrogen-bond acceptors (Lipinski definition) is 7. The molecule has 43 heavy (non-hydrogen) atoms. The molecule has 3 N–H and O–H groups in total. The minimum absolute atomic E-state index is 0. The van der Waals surface area contributed by atoms with Gasteiger partial charge in [0.05, 0.1) is 28.6 Å². The van der Waals surface area contributed by atoms with Crippen molar-refractivity contribution in [3.63, 3.8) is 0 Å². The van der Waals surface area contributed by atoms with Gasteiger partial charge in [-0.25, -0.2) is 14.8 Å². The smallest absolute Gasteiger partial charge is 0.331 e. The summed E-state index contributed by atoms with van der Waals surface area (Å²) in [7, 11) is 0. The van der Waals surface area contributed by atoms with Crippen molar-refractivity contribution in [2.24, 2.45) is 0 Å². The molecule has 1 fully saturated rings. The Morgan fingerprint density at radius 1 is 1.05 bits per heavy atom. The lowest BCUT2D eigenvalue weighted by molar-refractivity contribution is -0.119. The van der Waals surface area contributed by atoms with E-state index < -0.39 is 6.03 Å². The second-order valence-electron chi connectivity index (χ2n) is 10.0. The third-order valence-electron chi connectivity index (χ3n) is 7.13. The fraction of sp³-hybridized carbons (Fsp3) is 0.300. The van der Waals surface area contributed by atoms with Gasteiger partial charge in [0.15, 0.2) is 0 Å². The van der Waals surface area contributed by atoms with Crippen molar-refractivity contribution in [2.45, 2.75) is 59.0 Å². The number of hydrogen-bond donors (Lipinski definition) is 3. The van der Waals surface area contributed by atoms with Crippen LogP contribution < -0.4 is 25.6 Å². The van der Waals surface area contributed by atoms with Gasteiger partial charge in [0.25, 0.3) is 5.91 Å². The fourth-order valence-corrected chi connectivity index (χ4v) is 6.42. The summed E-state index contributed by atoms with van der Waals surface area (Å²) in [6.07, 6.45) is 6.56. The molecule has 13 heteroatoms. The van der Waals surface area contributed by atoms with E-state index in [-0.39, 0.29) is 58.3 Å². The Balaban J connectivity index is 0.00000169. The lowest BCUT2D eigenvalue weighted by Crippen LogP contribution is -2.45. The van der Waals surface area contributed by atoms with Crippen molar-refractivity contribution in [3.8, 4) is 11.6 Å². The van der Waals surface area contributed by atoms with E-state index in [2.05, 4.69) is 25.9 Å². The normalized spacial score (nSPS) is 17.0. The molecular formula is C30H36N6O4S3. The molecule has 0 unspecified atom stereocenters. The molecule has 1 saturated carbocycles. The number of para-hydroxylation sites is 1. The molecule has 4 aromatic rings. The number of rotatable bonds is 6. The highest BCUT2D eigenvalue weighted by Crippen LogP contribution is 2.46. The van der Waals surface area contributed by atoms with E-state index in [0.29, 0.717) is 50.2 Å². The number of aromatic nitrogens is 2. The van der Waals surface area contributed by atoms with Gasteiger partial charge in [0.1, 0.15) is 15.5 Å². The molecule has 4 heterocycles. The van der Waals surface area contributed by atoms with Crippen molar-refractivity contribution in [1.82, 2.24) is 20.6 Å². The zero-order valence-corrected chi connectivity index (χ0v) is 25.9. The first-order valence-electron chi connectivity index (χ1n) is 13.2. The van der Waals surface area contributed by atoms with E-state index in [0.717, 1.165) is 24.8 Å². The van der Waals surface area contributed by atoms with Gasteiger partial charge in [0.2, 0.25) is 11.8 Å². The molecule has 4 amide bonds. The number of anilines is 3. The van der Waals surface area contributed by atoms with Crippen molar-refractivity contribution >= 4 is 83.5 Å². The third kappa shape index (κ3) is 6.89. The summed E-state index contributed by atoms with van der Waals surface area (Å²) in [4.78, 5) is 50.0. The number of carbonyl (C=O) groups excluding carboxylic acids is 3. The summed E-state index contributed by atoms with van der Waals surface area (Å²) in [5.41, 5.74) is 2.48. The number of ether oxygens (including phenoxy) is 1. The van der Waals surface area contributed by atoms with E-state index >= 15 is 0 Å². The van der Waals surface area contributed by atoms with Gasteiger partial charge in [-0.2, -0.15) is 27.0 Å². The summed E-state index contributed by atoms with van der Waals surface area (Å²) in [5, 5.41) is 9.72. The van der Waals surface area contributed by atoms with Gasteiger partial charge < -0.3 is 20.7 Å². The van der Waals surface area contributed by atoms with Crippen LogP contribution in [0, 0.1) is 6.92 Å². The standard InChI is InChI=1S/C29H28N6O4S.CH4.2H2S/c1-16-13-23(39-20-9-4-3-5-10-20)31-15-22(16)35-21-11-12-30-28-24(21)25(34-29(35)38)26(40-28)27(37)33-19-8-6-7-18(14-19)32-17(2)36;;;/h3-5,9-13,15,18-19H,6-8,14H2,1-2H3,(H,32,36)(H,33,37)(H,34,38);1H4;2*1H2/t18-,19-;;;/m0.../s1. The van der Waals surface area contributed by atoms with Crippen LogP contribution in [0.2, 0.25) is 0 Å². The van der Waals surface area contributed by atoms with Crippen LogP contribution in [-0.2, 0) is 4.79 Å². The molecule has 0 spiro atoms. The molecule has 2 atom stereocenters. The zero-order chi connectivity index (χ0) is 27.8. The van der Waals surface area contributed by atoms with Gasteiger partial charge in [-0.15, -0.1) is 11.3 Å². The van der Waals surface area contributed by atoms with Crippen LogP contribution in [0.15, 0.2) is 54.9 Å². The maximum absolute atomic E-state index is 13.5. The number of pyridine rings is 2. The Morgan fingerprint density at radius 3 is 2.47 bits per heavy atom. The Labute approximate surface area is 268 Å². The Morgan fingerprint density at radius 2 is 1.77 bits per heavy atom. The summed E-state index contributed by atoms with van der Waals surface area (Å²) >= 11 is 1.25. The van der Waals surface area contributed by atoms with E-state index in [1.807, 2.05) is 37.3 Å². The molecule has 2 aliphatic rings. The number of nitrogens with one attached hydrogen (secondary N) is 3. The van der Waals surface area contributed by atoms with Gasteiger partial charge in [0, 0.05) is 31.3 Å². The average Bonchev–Trinajstić information content (AvgIpc) is 3.29. The van der Waals surface area contributed by atoms with Gasteiger partial charge in [-0.1, -0.05) is 25.6 Å². The molecule has 3 aromatic heterocycles. The van der Waals surface area contributed by atoms with Gasteiger partial charge in [-0.3, -0.25) is 14.5 Å². The number of carbonyl (C=O) groups is 3. The molecular weight excluding hydrogens is 605 g/mol. The molecule has 0 bridgehead atoms. The molecule has 0 radical (unpaired) electrons. The first kappa shape index (κ1) is 33.7. The minimum Gasteiger partial charge on any atom is -0.439 e. The molecule has 1 aromatic carbocycles. The highest BCUT2D eigenvalue weighted by atomic mass is 32.1. The van der Waals surface area contributed by atoms with Crippen LogP contribution in [-0.4, -0.2) is 39.9 Å². The molecule has 228 valence electrons. The van der Waals surface area contributed by atoms with Crippen LogP contribution in [0.25, 0.3) is 10.2 Å². The van der Waals surface area contributed by atoms with Gasteiger partial charge >= 0.3 is 6.03 Å². The largest absolute Gasteiger partial charge is 0.439 e. The minimum atomic E-state index is -0.391. The Bertz CT molecular complexity index is 1630. The SMILES string of the molecule is C.CC(=O)N[C@H]1CCC[C@H](NC(=O)c2sc3nccc4c3c2NC(=O)N4c2cnc(Oc3ccccc3)cc2C)C1.S.S. The third-order valence-corrected chi connectivity index (χ3v) is 8.23. The van der Waals surface area contributed by atoms with E-state index in [4.69, 9.17) is 4.74 Å². The predicted octanol–water partition coefficient (Wildman–Crippen LogP) is 6.51. The number of nitrogens with zero attached hydrogens (tertiary/aromatic N) is 3. The van der Waals surface area contributed by atoms with Crippen LogP contribution in [0.5, 0.6) is 11.6 Å². The summed E-state index contributed by atoms with van der Waals surface area (Å²) in [6.45, 7) is 3.39. The highest BCUT2D eigenvalue weighted by molar-refractivity contribution is 7.59. The second-order valence-corrected chi connectivity index (χ2v) is 11.0. The topological polar surface area (TPSA) is 126 Å². The average molecular weight is 641 g/mol. The van der Waals surface area contributed by atoms with E-state index in [1.54, 1.807) is 29.4 Å². The van der Waals surface area contributed by atoms with Crippen LogP contribution in [0.4, 0.5) is 21.9 Å². The predicted molar refractivity (Wildman–Crippen MR) is 181 cm³/mol. The Kier molecular flexibility index (Phi) is 11.1.